The molecule has 10 aliphatic carbocycles. The van der Waals surface area contributed by atoms with Gasteiger partial charge in [0, 0.05) is 12.8 Å². The molecule has 10 aliphatic rings. The number of esters is 1. The van der Waals surface area contributed by atoms with Gasteiger partial charge in [-0.3, -0.25) is 0 Å². The van der Waals surface area contributed by atoms with Gasteiger partial charge in [0.2, 0.25) is 0 Å². The van der Waals surface area contributed by atoms with Crippen LogP contribution in [-0.4, -0.2) is 106 Å². The zero-order valence-corrected chi connectivity index (χ0v) is 67.9. The highest BCUT2D eigenvalue weighted by Crippen LogP contribution is 2.59. The summed E-state index contributed by atoms with van der Waals surface area (Å²) < 4.78 is 46.5. The van der Waals surface area contributed by atoms with Crippen molar-refractivity contribution < 1.29 is 46.6 Å². The van der Waals surface area contributed by atoms with Crippen LogP contribution in [0.5, 0.6) is 0 Å². The van der Waals surface area contributed by atoms with E-state index in [0.29, 0.717) is 23.7 Å². The Morgan fingerprint density at radius 1 is 0.543 bits per heavy atom. The van der Waals surface area contributed by atoms with Crippen molar-refractivity contribution in [1.29, 1.82) is 0 Å². The molecule has 0 saturated heterocycles. The number of carboxylic acids is 1. The second kappa shape index (κ2) is 28.8. The van der Waals surface area contributed by atoms with Gasteiger partial charge in [0.15, 0.2) is 33.3 Å². The monoisotopic (exact) mass is 1370 g/mol. The van der Waals surface area contributed by atoms with E-state index in [1.54, 1.807) is 0 Å². The van der Waals surface area contributed by atoms with Gasteiger partial charge in [0.1, 0.15) is 19.3 Å². The Bertz CT molecular complexity index is 2940. The van der Waals surface area contributed by atoms with E-state index >= 15 is 0 Å². The molecule has 0 aliphatic heterocycles. The maximum absolute atomic E-state index is 13.1. The zero-order valence-electron chi connectivity index (χ0n) is 63.9. The van der Waals surface area contributed by atoms with Gasteiger partial charge in [0.05, 0.1) is 36.6 Å². The van der Waals surface area contributed by atoms with E-state index in [0.717, 1.165) is 100 Å². The lowest BCUT2D eigenvalue weighted by atomic mass is 9.55. The van der Waals surface area contributed by atoms with Gasteiger partial charge >= 0.3 is 11.9 Å². The minimum atomic E-state index is -2.02. The molecule has 0 amide bonds. The highest BCUT2D eigenvalue weighted by atomic mass is 28.4. The summed E-state index contributed by atoms with van der Waals surface area (Å²) in [6.07, 6.45) is 33.0. The lowest BCUT2D eigenvalue weighted by Gasteiger charge is -2.53. The largest absolute Gasteiger partial charge is 0.480 e. The van der Waals surface area contributed by atoms with Crippen LogP contribution in [0.2, 0.25) is 72.5 Å². The van der Waals surface area contributed by atoms with Crippen LogP contribution in [0.3, 0.4) is 0 Å². The predicted octanol–water partition coefficient (Wildman–Crippen LogP) is 21.5. The average Bonchev–Trinajstić information content (AvgIpc) is 1.54. The minimum Gasteiger partial charge on any atom is -0.480 e. The third kappa shape index (κ3) is 17.3. The molecule has 10 rings (SSSR count). The van der Waals surface area contributed by atoms with Crippen molar-refractivity contribution >= 4 is 45.2 Å². The third-order valence-electron chi connectivity index (χ3n) is 26.9. The molecule has 0 aromatic heterocycles. The van der Waals surface area contributed by atoms with E-state index in [2.05, 4.69) is 206 Å². The van der Waals surface area contributed by atoms with Crippen molar-refractivity contribution in [1.82, 2.24) is 0 Å². The quantitative estimate of drug-likeness (QED) is 0.0761. The maximum Gasteiger partial charge on any atom is 0.332 e. The molecule has 0 spiro atoms. The SMILES string of the molecule is C=C1C(=CC=C2CCC[C@]3(C)C([C@H](C)OCC(=O)O)=CCC23)C[C@@H](O[Si](C)(C)C(C)(C)C)C[C@@H]1O[Si](C)(C)C(C)(C)C.C=C1C(=CC=C2CCC[C@]3(C)C([C@H](C)OCC(=O)OC4C5CC6CC(C5)CC4C6)=CC[C@@H]23)C[C@@H](O[Si](C)(C)C(C)(C)C)C[C@@H]1O[Si](C)(C)C(C)(C)C. The van der Waals surface area contributed by atoms with Gasteiger partial charge in [0.25, 0.3) is 0 Å². The van der Waals surface area contributed by atoms with Crippen LogP contribution in [0, 0.1) is 46.3 Å². The van der Waals surface area contributed by atoms with Gasteiger partial charge in [-0.05, 0) is 262 Å². The Kier molecular flexibility index (Phi) is 23.7. The van der Waals surface area contributed by atoms with Gasteiger partial charge in [-0.1, -0.05) is 158 Å². The van der Waals surface area contributed by atoms with Crippen LogP contribution in [0.15, 0.2) is 94.2 Å². The fourth-order valence-corrected chi connectivity index (χ4v) is 22.7. The molecule has 10 nitrogen and oxygen atoms in total. The van der Waals surface area contributed by atoms with Crippen molar-refractivity contribution in [2.45, 2.75) is 335 Å². The first-order valence-electron chi connectivity index (χ1n) is 37.1. The van der Waals surface area contributed by atoms with E-state index in [9.17, 15) is 9.59 Å². The molecule has 0 aromatic rings. The molecule has 8 fully saturated rings. The van der Waals surface area contributed by atoms with Gasteiger partial charge in [-0.2, -0.15) is 0 Å². The van der Waals surface area contributed by atoms with Crippen LogP contribution in [-0.2, 0) is 41.5 Å². The number of ether oxygens (including phenoxy) is 3. The number of hydrogen-bond donors (Lipinski definition) is 1. The lowest BCUT2D eigenvalue weighted by Crippen LogP contribution is -2.50. The van der Waals surface area contributed by atoms with Crippen molar-refractivity contribution in [3.05, 3.63) is 94.2 Å². The summed E-state index contributed by atoms with van der Waals surface area (Å²) in [6, 6.07) is 0. The molecule has 0 radical (unpaired) electrons. The molecule has 1 N–H and O–H groups in total. The molecule has 8 saturated carbocycles. The van der Waals surface area contributed by atoms with Crippen molar-refractivity contribution in [3.63, 3.8) is 0 Å². The van der Waals surface area contributed by atoms with Crippen LogP contribution in [0.4, 0.5) is 0 Å². The fourth-order valence-electron chi connectivity index (χ4n) is 17.3. The summed E-state index contributed by atoms with van der Waals surface area (Å²) in [7, 11) is -7.95. The number of hydrogen-bond acceptors (Lipinski definition) is 9. The standard InChI is InChI=1S/C45H74O5Si2.C35H60O5Si2/c1-29-34(26-37(49-51(10,11)43(3,4)5)27-40(29)50-52(12,13)44(6,7)8)17-16-33-15-14-20-45(9)38(18-19-39(33)45)30(2)47-28-41(46)48-42-35-22-31-21-32(24-35)25-36(42)23-31;1-24-27(17-16-26-15-14-20-35(9)29(18-19-30(26)35)25(2)38-23-32(36)37)21-28(39-41(10,11)33(3,4)5)22-31(24)40-42(12,13)34(6,7)8/h16-18,30-32,35-37,39-40,42H,1,14-15,19-28H2,2-13H3;16-18,25,28,30-31H,1,14-15,19-23H2,2-13H3,(H,36,37)/t30-,31?,32?,35?,36?,37+,39-,40-,42?,45+;25-,28+,30?,31-,35+/m00/s1. The molecule has 0 aromatic carbocycles. The number of carbonyl (C=O) groups excluding carboxylic acids is 1. The maximum atomic E-state index is 13.1. The lowest BCUT2D eigenvalue weighted by molar-refractivity contribution is -0.176. The molecule has 1 unspecified atom stereocenters. The summed E-state index contributed by atoms with van der Waals surface area (Å²) in [5, 5.41) is 9.67. The van der Waals surface area contributed by atoms with Crippen LogP contribution in [0.1, 0.15) is 220 Å². The number of fused-ring (bicyclic) bond motifs is 2. The number of aliphatic carboxylic acids is 1. The Hall–Kier alpha value is -2.51. The van der Waals surface area contributed by atoms with Crippen molar-refractivity contribution in [3.8, 4) is 0 Å². The number of carbonyl (C=O) groups is 2. The van der Waals surface area contributed by atoms with Crippen molar-refractivity contribution in [2.24, 2.45) is 46.3 Å². The highest BCUT2D eigenvalue weighted by Gasteiger charge is 2.53. The Morgan fingerprint density at radius 3 is 1.24 bits per heavy atom. The van der Waals surface area contributed by atoms with E-state index < -0.39 is 39.2 Å². The average molecular weight is 1370 g/mol. The van der Waals surface area contributed by atoms with E-state index in [4.69, 9.17) is 37.0 Å². The molecule has 530 valence electrons. The summed E-state index contributed by atoms with van der Waals surface area (Å²) in [5.41, 5.74) is 10.5. The summed E-state index contributed by atoms with van der Waals surface area (Å²) >= 11 is 0. The second-order valence-corrected chi connectivity index (χ2v) is 56.7. The normalized spacial score (nSPS) is 34.3. The molecule has 10 atom stereocenters. The van der Waals surface area contributed by atoms with E-state index in [-0.39, 0.29) is 92.9 Å². The molecule has 0 heterocycles. The predicted molar refractivity (Wildman–Crippen MR) is 399 cm³/mol. The molecular formula is C80H134O10Si4. The summed E-state index contributed by atoms with van der Waals surface area (Å²) in [5.74, 6) is 2.69. The first kappa shape index (κ1) is 77.2. The van der Waals surface area contributed by atoms with Crippen molar-refractivity contribution in [2.75, 3.05) is 13.2 Å². The molecule has 94 heavy (non-hydrogen) atoms. The Morgan fingerprint density at radius 2 is 0.894 bits per heavy atom. The molecule has 4 bridgehead atoms. The Labute approximate surface area is 577 Å². The van der Waals surface area contributed by atoms with Gasteiger partial charge in [-0.25, -0.2) is 9.59 Å². The fraction of sp³-hybridized carbons (Fsp3) is 0.775. The van der Waals surface area contributed by atoms with Crippen LogP contribution >= 0.6 is 0 Å². The molecular weight excluding hydrogens is 1230 g/mol. The second-order valence-electron chi connectivity index (χ2n) is 37.7. The number of carboxylic acid groups (broad SMARTS) is 1. The van der Waals surface area contributed by atoms with Crippen LogP contribution in [0.25, 0.3) is 0 Å². The minimum absolute atomic E-state index is 0.00599. The first-order valence-corrected chi connectivity index (χ1v) is 48.7. The van der Waals surface area contributed by atoms with E-state index in [1.165, 1.54) is 65.5 Å². The highest BCUT2D eigenvalue weighted by molar-refractivity contribution is 6.75. The number of allylic oxidation sites excluding steroid dienone is 8. The summed E-state index contributed by atoms with van der Waals surface area (Å²) in [6.45, 7) is 64.6. The first-order chi connectivity index (χ1) is 43.2. The number of rotatable bonds is 19. The smallest absolute Gasteiger partial charge is 0.332 e. The molecule has 14 heteroatoms. The van der Waals surface area contributed by atoms with Crippen LogP contribution < -0.4 is 0 Å². The summed E-state index contributed by atoms with van der Waals surface area (Å²) in [4.78, 5) is 24.2. The Balaban J connectivity index is 0.000000247. The zero-order chi connectivity index (χ0) is 69.9. The topological polar surface area (TPSA) is 119 Å². The van der Waals surface area contributed by atoms with E-state index in [1.807, 2.05) is 6.92 Å². The van der Waals surface area contributed by atoms with Gasteiger partial charge in [-0.15, -0.1) is 0 Å². The van der Waals surface area contributed by atoms with Gasteiger partial charge < -0.3 is 37.0 Å². The third-order valence-corrected chi connectivity index (χ3v) is 44.9.